The van der Waals surface area contributed by atoms with E-state index < -0.39 is 0 Å². The van der Waals surface area contributed by atoms with Gasteiger partial charge in [-0.15, -0.1) is 0 Å². The van der Waals surface area contributed by atoms with Crippen LogP contribution in [0.1, 0.15) is 12.5 Å². The van der Waals surface area contributed by atoms with Gasteiger partial charge in [-0.25, -0.2) is 0 Å². The molecular formula is C13H19N3O2. The molecule has 1 saturated heterocycles. The van der Waals surface area contributed by atoms with E-state index in [4.69, 9.17) is 0 Å². The molecule has 2 rings (SSSR count). The predicted molar refractivity (Wildman–Crippen MR) is 70.7 cm³/mol. The summed E-state index contributed by atoms with van der Waals surface area (Å²) in [7, 11) is 0. The van der Waals surface area contributed by atoms with Crippen molar-refractivity contribution < 1.29 is 4.92 Å². The molecule has 1 atom stereocenters. The minimum absolute atomic E-state index is 0.161. The van der Waals surface area contributed by atoms with Gasteiger partial charge in [-0.2, -0.15) is 0 Å². The molecule has 1 N–H and O–H groups in total. The van der Waals surface area contributed by atoms with Crippen molar-refractivity contribution in [3.63, 3.8) is 0 Å². The van der Waals surface area contributed by atoms with Crippen LogP contribution in [0.25, 0.3) is 0 Å². The second kappa shape index (κ2) is 5.93. The van der Waals surface area contributed by atoms with Gasteiger partial charge in [0.25, 0.3) is 5.69 Å². The minimum atomic E-state index is -0.359. The molecule has 1 aliphatic heterocycles. The fraction of sp³-hybridized carbons (Fsp3) is 0.538. The van der Waals surface area contributed by atoms with Crippen LogP contribution in [0, 0.1) is 10.1 Å². The van der Waals surface area contributed by atoms with Crippen molar-refractivity contribution in [1.29, 1.82) is 0 Å². The molecule has 0 spiro atoms. The van der Waals surface area contributed by atoms with E-state index in [9.17, 15) is 10.1 Å². The number of nitrogens with one attached hydrogen (secondary N) is 1. The Morgan fingerprint density at radius 3 is 2.78 bits per heavy atom. The van der Waals surface area contributed by atoms with Gasteiger partial charge in [0.1, 0.15) is 0 Å². The van der Waals surface area contributed by atoms with Gasteiger partial charge in [0.2, 0.25) is 0 Å². The molecule has 0 aromatic heterocycles. The van der Waals surface area contributed by atoms with Gasteiger partial charge in [0.05, 0.1) is 4.92 Å². The highest BCUT2D eigenvalue weighted by atomic mass is 16.6. The lowest BCUT2D eigenvalue weighted by Gasteiger charge is -2.33. The van der Waals surface area contributed by atoms with Gasteiger partial charge >= 0.3 is 0 Å². The summed E-state index contributed by atoms with van der Waals surface area (Å²) in [6.45, 7) is 6.40. The molecule has 98 valence electrons. The van der Waals surface area contributed by atoms with Gasteiger partial charge in [-0.05, 0) is 18.9 Å². The first-order valence-corrected chi connectivity index (χ1v) is 6.35. The number of piperazine rings is 1. The molecule has 0 aliphatic carbocycles. The zero-order chi connectivity index (χ0) is 13.0. The van der Waals surface area contributed by atoms with E-state index in [-0.39, 0.29) is 10.6 Å². The van der Waals surface area contributed by atoms with Crippen molar-refractivity contribution in [3.8, 4) is 0 Å². The molecule has 18 heavy (non-hydrogen) atoms. The summed E-state index contributed by atoms with van der Waals surface area (Å²) in [5, 5.41) is 13.9. The van der Waals surface area contributed by atoms with Gasteiger partial charge in [0.15, 0.2) is 0 Å². The molecule has 0 amide bonds. The first kappa shape index (κ1) is 13.0. The van der Waals surface area contributed by atoms with Crippen LogP contribution in [0.3, 0.4) is 0 Å². The zero-order valence-electron chi connectivity index (χ0n) is 10.6. The van der Waals surface area contributed by atoms with Gasteiger partial charge in [-0.3, -0.25) is 15.0 Å². The Balaban J connectivity index is 1.87. The van der Waals surface area contributed by atoms with Crippen LogP contribution in [0.2, 0.25) is 0 Å². The number of rotatable bonds is 4. The van der Waals surface area contributed by atoms with Crippen LogP contribution in [-0.4, -0.2) is 42.0 Å². The van der Waals surface area contributed by atoms with Crippen LogP contribution in [0.4, 0.5) is 5.69 Å². The molecule has 5 nitrogen and oxygen atoms in total. The van der Waals surface area contributed by atoms with Gasteiger partial charge in [-0.1, -0.05) is 12.1 Å². The number of nitrogens with zero attached hydrogens (tertiary/aromatic N) is 2. The Morgan fingerprint density at radius 2 is 2.17 bits per heavy atom. The SMILES string of the molecule is C[C@H]1CNCCN1CCc1ccc([N+](=O)[O-])cc1. The number of hydrogen-bond donors (Lipinski definition) is 1. The largest absolute Gasteiger partial charge is 0.314 e. The highest BCUT2D eigenvalue weighted by Crippen LogP contribution is 2.13. The molecule has 1 aromatic carbocycles. The topological polar surface area (TPSA) is 58.4 Å². The summed E-state index contributed by atoms with van der Waals surface area (Å²) in [6.07, 6.45) is 0.947. The third-order valence-corrected chi connectivity index (χ3v) is 3.47. The van der Waals surface area contributed by atoms with Crippen LogP contribution in [-0.2, 0) is 6.42 Å². The molecular weight excluding hydrogens is 230 g/mol. The zero-order valence-corrected chi connectivity index (χ0v) is 10.6. The summed E-state index contributed by atoms with van der Waals surface area (Å²) >= 11 is 0. The number of nitro groups is 1. The lowest BCUT2D eigenvalue weighted by atomic mass is 10.1. The molecule has 0 bridgehead atoms. The Kier molecular flexibility index (Phi) is 4.28. The maximum absolute atomic E-state index is 10.6. The Hall–Kier alpha value is -1.46. The summed E-state index contributed by atoms with van der Waals surface area (Å²) < 4.78 is 0. The lowest BCUT2D eigenvalue weighted by molar-refractivity contribution is -0.384. The van der Waals surface area contributed by atoms with E-state index in [2.05, 4.69) is 17.1 Å². The number of nitro benzene ring substituents is 1. The average Bonchev–Trinajstić information content (AvgIpc) is 2.38. The van der Waals surface area contributed by atoms with Crippen molar-refractivity contribution in [1.82, 2.24) is 10.2 Å². The van der Waals surface area contributed by atoms with Crippen molar-refractivity contribution in [2.75, 3.05) is 26.2 Å². The summed E-state index contributed by atoms with van der Waals surface area (Å²) in [6, 6.07) is 7.43. The van der Waals surface area contributed by atoms with Gasteiger partial charge < -0.3 is 5.32 Å². The standard InChI is InChI=1S/C13H19N3O2/c1-11-10-14-7-9-15(11)8-6-12-2-4-13(5-3-12)16(17)18/h2-5,11,14H,6-10H2,1H3/t11-/m0/s1. The van der Waals surface area contributed by atoms with E-state index in [0.717, 1.165) is 38.2 Å². The fourth-order valence-corrected chi connectivity index (χ4v) is 2.27. The molecule has 0 saturated carbocycles. The van der Waals surface area contributed by atoms with Crippen LogP contribution < -0.4 is 5.32 Å². The highest BCUT2D eigenvalue weighted by Gasteiger charge is 2.17. The third-order valence-electron chi connectivity index (χ3n) is 3.47. The van der Waals surface area contributed by atoms with Crippen LogP contribution >= 0.6 is 0 Å². The fourth-order valence-electron chi connectivity index (χ4n) is 2.27. The van der Waals surface area contributed by atoms with Crippen LogP contribution in [0.5, 0.6) is 0 Å². The smallest absolute Gasteiger partial charge is 0.269 e. The highest BCUT2D eigenvalue weighted by molar-refractivity contribution is 5.32. The predicted octanol–water partition coefficient (Wildman–Crippen LogP) is 1.43. The van der Waals surface area contributed by atoms with E-state index >= 15 is 0 Å². The maximum Gasteiger partial charge on any atom is 0.269 e. The first-order valence-electron chi connectivity index (χ1n) is 6.35. The van der Waals surface area contributed by atoms with Crippen molar-refractivity contribution >= 4 is 5.69 Å². The normalized spacial score (nSPS) is 20.8. The number of benzene rings is 1. The van der Waals surface area contributed by atoms with Crippen LogP contribution in [0.15, 0.2) is 24.3 Å². The molecule has 0 radical (unpaired) electrons. The molecule has 5 heteroatoms. The number of non-ortho nitro benzene ring substituents is 1. The molecule has 1 aliphatic rings. The minimum Gasteiger partial charge on any atom is -0.314 e. The van der Waals surface area contributed by atoms with Crippen molar-refractivity contribution in [2.24, 2.45) is 0 Å². The second-order valence-electron chi connectivity index (χ2n) is 4.76. The summed E-state index contributed by atoms with van der Waals surface area (Å²) in [5.41, 5.74) is 1.32. The average molecular weight is 249 g/mol. The monoisotopic (exact) mass is 249 g/mol. The van der Waals surface area contributed by atoms with E-state index in [0.29, 0.717) is 6.04 Å². The third kappa shape index (κ3) is 3.27. The Labute approximate surface area is 107 Å². The van der Waals surface area contributed by atoms with E-state index in [1.807, 2.05) is 12.1 Å². The number of hydrogen-bond acceptors (Lipinski definition) is 4. The quantitative estimate of drug-likeness (QED) is 0.648. The summed E-state index contributed by atoms with van der Waals surface area (Å²) in [4.78, 5) is 12.6. The first-order chi connectivity index (χ1) is 8.66. The van der Waals surface area contributed by atoms with E-state index in [1.54, 1.807) is 12.1 Å². The Bertz CT molecular complexity index is 405. The molecule has 1 heterocycles. The van der Waals surface area contributed by atoms with Crippen molar-refractivity contribution in [3.05, 3.63) is 39.9 Å². The lowest BCUT2D eigenvalue weighted by Crippen LogP contribution is -2.50. The Morgan fingerprint density at radius 1 is 1.44 bits per heavy atom. The molecule has 1 aromatic rings. The molecule has 1 fully saturated rings. The van der Waals surface area contributed by atoms with Gasteiger partial charge in [0, 0.05) is 44.4 Å². The summed E-state index contributed by atoms with van der Waals surface area (Å²) in [5.74, 6) is 0. The second-order valence-corrected chi connectivity index (χ2v) is 4.76. The van der Waals surface area contributed by atoms with E-state index in [1.165, 1.54) is 0 Å². The maximum atomic E-state index is 10.6. The van der Waals surface area contributed by atoms with Crippen molar-refractivity contribution in [2.45, 2.75) is 19.4 Å². The molecule has 0 unspecified atom stereocenters.